The fourth-order valence-corrected chi connectivity index (χ4v) is 3.89. The van der Waals surface area contributed by atoms with E-state index in [4.69, 9.17) is 9.66 Å². The van der Waals surface area contributed by atoms with E-state index in [1.807, 2.05) is 0 Å². The number of nitrogens with zero attached hydrogens (tertiary/aromatic N) is 1. The molecule has 1 amide bonds. The van der Waals surface area contributed by atoms with Gasteiger partial charge >= 0.3 is 0 Å². The van der Waals surface area contributed by atoms with Crippen LogP contribution in [0.15, 0.2) is 0 Å². The van der Waals surface area contributed by atoms with Crippen molar-refractivity contribution in [3.05, 3.63) is 0 Å². The van der Waals surface area contributed by atoms with Gasteiger partial charge in [-0.2, -0.15) is 8.42 Å². The molecule has 0 aliphatic rings. The van der Waals surface area contributed by atoms with Gasteiger partial charge in [0, 0.05) is 19.5 Å². The van der Waals surface area contributed by atoms with Gasteiger partial charge in [0.1, 0.15) is 24.4 Å². The number of unbranched alkanes of at least 4 members (excludes halogenated alkanes) is 8. The fraction of sp³-hybridized carbons (Fsp3) is 0.952. The first kappa shape index (κ1) is 31.2. The average molecular weight is 486 g/mol. The maximum absolute atomic E-state index is 12.6. The van der Waals surface area contributed by atoms with Gasteiger partial charge in [-0.05, 0) is 12.8 Å². The normalized spacial score (nSPS) is 15.8. The van der Waals surface area contributed by atoms with Crippen LogP contribution in [-0.2, 0) is 14.9 Å². The summed E-state index contributed by atoms with van der Waals surface area (Å²) in [5, 5.41) is 48.2. The van der Waals surface area contributed by atoms with Crippen molar-refractivity contribution in [2.75, 3.05) is 25.4 Å². The van der Waals surface area contributed by atoms with E-state index in [9.17, 15) is 33.6 Å². The van der Waals surface area contributed by atoms with Gasteiger partial charge in [0.05, 0.1) is 12.4 Å². The van der Waals surface area contributed by atoms with Crippen LogP contribution in [0.1, 0.15) is 77.6 Å². The summed E-state index contributed by atoms with van der Waals surface area (Å²) in [6.07, 6.45) is 2.89. The first-order valence-electron chi connectivity index (χ1n) is 11.6. The molecule has 0 rings (SSSR count). The van der Waals surface area contributed by atoms with E-state index in [-0.39, 0.29) is 25.3 Å². The molecule has 10 nitrogen and oxygen atoms in total. The van der Waals surface area contributed by atoms with Gasteiger partial charge < -0.3 is 30.4 Å². The molecule has 192 valence electrons. The molecule has 0 spiro atoms. The number of amides is 1. The van der Waals surface area contributed by atoms with Crippen LogP contribution in [0, 0.1) is 0 Å². The summed E-state index contributed by atoms with van der Waals surface area (Å²) in [6, 6.07) is 0. The lowest BCUT2D eigenvalue weighted by atomic mass is 10.0. The Bertz CT molecular complexity index is 588. The summed E-state index contributed by atoms with van der Waals surface area (Å²) in [4.78, 5) is 13.8. The molecule has 0 aromatic rings. The number of aliphatic hydroxyl groups excluding tert-OH is 5. The first-order valence-corrected chi connectivity index (χ1v) is 13.2. The lowest BCUT2D eigenvalue weighted by molar-refractivity contribution is -0.139. The maximum Gasteiger partial charge on any atom is 0.264 e. The predicted octanol–water partition coefficient (Wildman–Crippen LogP) is 0.450. The zero-order chi connectivity index (χ0) is 24.6. The van der Waals surface area contributed by atoms with Gasteiger partial charge in [-0.1, -0.05) is 58.3 Å². The molecule has 0 fully saturated rings. The number of carbonyl (C=O) groups excluding carboxylic acids is 1. The van der Waals surface area contributed by atoms with Crippen LogP contribution in [0.25, 0.3) is 0 Å². The highest BCUT2D eigenvalue weighted by Gasteiger charge is 2.32. The van der Waals surface area contributed by atoms with Crippen molar-refractivity contribution in [3.8, 4) is 0 Å². The highest BCUT2D eigenvalue weighted by atomic mass is 32.2. The summed E-state index contributed by atoms with van der Waals surface area (Å²) in [5.74, 6) is -0.897. The zero-order valence-electron chi connectivity index (χ0n) is 19.2. The summed E-state index contributed by atoms with van der Waals surface area (Å²) < 4.78 is 30.8. The Morgan fingerprint density at radius 3 is 1.81 bits per heavy atom. The molecular formula is C21H43NO9S. The molecule has 0 unspecified atom stereocenters. The van der Waals surface area contributed by atoms with E-state index in [0.29, 0.717) is 6.42 Å². The van der Waals surface area contributed by atoms with Crippen molar-refractivity contribution in [2.24, 2.45) is 0 Å². The molecule has 0 saturated heterocycles. The molecule has 0 radical (unpaired) electrons. The smallest absolute Gasteiger partial charge is 0.264 e. The van der Waals surface area contributed by atoms with Crippen LogP contribution in [0.5, 0.6) is 0 Å². The third-order valence-corrected chi connectivity index (χ3v) is 6.21. The molecule has 0 aliphatic carbocycles. The van der Waals surface area contributed by atoms with E-state index in [2.05, 4.69) is 6.92 Å². The molecule has 0 aromatic carbocycles. The number of rotatable bonds is 20. The Kier molecular flexibility index (Phi) is 17.2. The molecule has 0 saturated carbocycles. The van der Waals surface area contributed by atoms with Crippen molar-refractivity contribution in [1.29, 1.82) is 0 Å². The van der Waals surface area contributed by atoms with Gasteiger partial charge in [0.2, 0.25) is 5.91 Å². The Labute approximate surface area is 192 Å². The molecule has 32 heavy (non-hydrogen) atoms. The van der Waals surface area contributed by atoms with Crippen molar-refractivity contribution in [2.45, 2.75) is 102 Å². The quantitative estimate of drug-likeness (QED) is 0.106. The van der Waals surface area contributed by atoms with Gasteiger partial charge in [0.15, 0.2) is 0 Å². The minimum atomic E-state index is -4.20. The van der Waals surface area contributed by atoms with Gasteiger partial charge in [-0.15, -0.1) is 0 Å². The largest absolute Gasteiger partial charge is 0.394 e. The van der Waals surface area contributed by atoms with E-state index in [1.165, 1.54) is 37.0 Å². The molecule has 0 aromatic heterocycles. The van der Waals surface area contributed by atoms with Crippen LogP contribution < -0.4 is 0 Å². The molecule has 0 aliphatic heterocycles. The van der Waals surface area contributed by atoms with Crippen LogP contribution in [0.3, 0.4) is 0 Å². The van der Waals surface area contributed by atoms with E-state index >= 15 is 0 Å². The second-order valence-corrected chi connectivity index (χ2v) is 9.93. The highest BCUT2D eigenvalue weighted by Crippen LogP contribution is 2.13. The van der Waals surface area contributed by atoms with Crippen molar-refractivity contribution in [1.82, 2.24) is 4.90 Å². The monoisotopic (exact) mass is 485 g/mol. The minimum Gasteiger partial charge on any atom is -0.394 e. The molecule has 0 bridgehead atoms. The molecule has 11 heteroatoms. The predicted molar refractivity (Wildman–Crippen MR) is 121 cm³/mol. The van der Waals surface area contributed by atoms with Gasteiger partial charge in [-0.25, -0.2) is 0 Å². The fourth-order valence-electron chi connectivity index (χ4n) is 3.40. The SMILES string of the molecule is CCCCCCCCCCCC(=O)N(CCCS(=O)(=O)O)C[C@H](O)[C@@H](O)[C@H](O)[C@H](O)CO. The summed E-state index contributed by atoms with van der Waals surface area (Å²) in [7, 11) is -4.20. The Balaban J connectivity index is 4.61. The van der Waals surface area contributed by atoms with Crippen LogP contribution in [0.2, 0.25) is 0 Å². The third-order valence-electron chi connectivity index (χ3n) is 5.41. The Morgan fingerprint density at radius 1 is 0.812 bits per heavy atom. The maximum atomic E-state index is 12.6. The van der Waals surface area contributed by atoms with E-state index in [0.717, 1.165) is 19.3 Å². The summed E-state index contributed by atoms with van der Waals surface area (Å²) in [5.41, 5.74) is 0. The molecule has 6 N–H and O–H groups in total. The average Bonchev–Trinajstić information content (AvgIpc) is 2.74. The molecule has 0 heterocycles. The highest BCUT2D eigenvalue weighted by molar-refractivity contribution is 7.85. The standard InChI is InChI=1S/C21H43NO9S/c1-2-3-4-5-6-7-8-9-10-12-19(26)22(13-11-14-32(29,30)31)15-17(24)20(27)21(28)18(25)16-23/h17-18,20-21,23-25,27-28H,2-16H2,1H3,(H,29,30,31)/t17-,18+,20+,21+/m0/s1. The number of hydrogen-bond donors (Lipinski definition) is 6. The topological polar surface area (TPSA) is 176 Å². The number of hydrogen-bond acceptors (Lipinski definition) is 8. The zero-order valence-corrected chi connectivity index (χ0v) is 20.0. The van der Waals surface area contributed by atoms with Gasteiger partial charge in [0.25, 0.3) is 10.1 Å². The van der Waals surface area contributed by atoms with Crippen molar-refractivity contribution < 1.29 is 43.3 Å². The Morgan fingerprint density at radius 2 is 1.31 bits per heavy atom. The van der Waals surface area contributed by atoms with Crippen molar-refractivity contribution >= 4 is 16.0 Å². The molecule has 4 atom stereocenters. The molecular weight excluding hydrogens is 442 g/mol. The number of carbonyl (C=O) groups is 1. The first-order chi connectivity index (χ1) is 15.0. The van der Waals surface area contributed by atoms with E-state index < -0.39 is 53.4 Å². The van der Waals surface area contributed by atoms with Crippen LogP contribution in [0.4, 0.5) is 0 Å². The number of aliphatic hydroxyl groups is 5. The lowest BCUT2D eigenvalue weighted by Crippen LogP contribution is -2.50. The second-order valence-electron chi connectivity index (χ2n) is 8.36. The van der Waals surface area contributed by atoms with E-state index in [1.54, 1.807) is 0 Å². The van der Waals surface area contributed by atoms with Gasteiger partial charge in [-0.3, -0.25) is 9.35 Å². The second kappa shape index (κ2) is 17.6. The van der Waals surface area contributed by atoms with Crippen LogP contribution in [-0.4, -0.2) is 99.2 Å². The summed E-state index contributed by atoms with van der Waals surface area (Å²) >= 11 is 0. The Hall–Kier alpha value is -0.820. The third kappa shape index (κ3) is 15.1. The minimum absolute atomic E-state index is 0.0625. The summed E-state index contributed by atoms with van der Waals surface area (Å²) in [6.45, 7) is 0.889. The lowest BCUT2D eigenvalue weighted by Gasteiger charge is -2.30. The van der Waals surface area contributed by atoms with Crippen molar-refractivity contribution in [3.63, 3.8) is 0 Å². The van der Waals surface area contributed by atoms with Crippen LogP contribution >= 0.6 is 0 Å².